The summed E-state index contributed by atoms with van der Waals surface area (Å²) in [7, 11) is -3.04. The first-order chi connectivity index (χ1) is 7.47. The van der Waals surface area contributed by atoms with Crippen LogP contribution in [0.15, 0.2) is 0 Å². The van der Waals surface area contributed by atoms with Crippen LogP contribution in [0.25, 0.3) is 0 Å². The number of amides is 1. The molecule has 0 radical (unpaired) electrons. The number of carbonyl (C=O) groups is 1. The third kappa shape index (κ3) is 7.64. The van der Waals surface area contributed by atoms with Crippen LogP contribution < -0.4 is 5.32 Å². The Morgan fingerprint density at radius 1 is 1.44 bits per heavy atom. The summed E-state index contributed by atoms with van der Waals surface area (Å²) in [5, 5.41) is 2.63. The Bertz CT molecular complexity index is 296. The summed E-state index contributed by atoms with van der Waals surface area (Å²) >= 11 is 0. The van der Waals surface area contributed by atoms with Gasteiger partial charge >= 0.3 is 0 Å². The third-order valence-corrected chi connectivity index (χ3v) is 2.97. The number of nitrogens with one attached hydrogen (secondary N) is 1. The van der Waals surface area contributed by atoms with E-state index in [9.17, 15) is 13.2 Å². The van der Waals surface area contributed by atoms with E-state index in [0.29, 0.717) is 6.54 Å². The van der Waals surface area contributed by atoms with Gasteiger partial charge in [0.15, 0.2) is 0 Å². The Morgan fingerprint density at radius 3 is 2.38 bits per heavy atom. The van der Waals surface area contributed by atoms with Crippen molar-refractivity contribution in [3.05, 3.63) is 0 Å². The van der Waals surface area contributed by atoms with Crippen LogP contribution in [-0.4, -0.2) is 45.6 Å². The maximum Gasteiger partial charge on any atom is 0.221 e. The van der Waals surface area contributed by atoms with Crippen LogP contribution in [0.2, 0.25) is 0 Å². The van der Waals surface area contributed by atoms with Gasteiger partial charge < -0.3 is 10.1 Å². The zero-order valence-corrected chi connectivity index (χ0v) is 11.0. The summed E-state index contributed by atoms with van der Waals surface area (Å²) in [6.07, 6.45) is 2.24. The van der Waals surface area contributed by atoms with Crippen LogP contribution in [0.3, 0.4) is 0 Å². The van der Waals surface area contributed by atoms with Crippen LogP contribution in [-0.2, 0) is 19.4 Å². The van der Waals surface area contributed by atoms with Gasteiger partial charge in [-0.15, -0.1) is 0 Å². The number of hydrogen-bond acceptors (Lipinski definition) is 4. The van der Waals surface area contributed by atoms with Crippen LogP contribution in [0, 0.1) is 0 Å². The van der Waals surface area contributed by atoms with Crippen LogP contribution in [0.4, 0.5) is 0 Å². The predicted octanol–water partition coefficient (Wildman–Crippen LogP) is 0.352. The van der Waals surface area contributed by atoms with Gasteiger partial charge in [-0.3, -0.25) is 4.79 Å². The first-order valence-electron chi connectivity index (χ1n) is 5.53. The SMILES string of the molecule is CC.CS(=O)(=O)CCC(=O)NCC1CCO1. The van der Waals surface area contributed by atoms with E-state index in [-0.39, 0.29) is 24.2 Å². The molecule has 0 aromatic carbocycles. The highest BCUT2D eigenvalue weighted by atomic mass is 32.2. The Balaban J connectivity index is 0.00000106. The van der Waals surface area contributed by atoms with Gasteiger partial charge in [0, 0.05) is 25.8 Å². The van der Waals surface area contributed by atoms with E-state index < -0.39 is 9.84 Å². The van der Waals surface area contributed by atoms with Crippen molar-refractivity contribution in [3.8, 4) is 0 Å². The quantitative estimate of drug-likeness (QED) is 0.765. The molecule has 0 aromatic rings. The summed E-state index contributed by atoms with van der Waals surface area (Å²) in [5.41, 5.74) is 0. The zero-order chi connectivity index (χ0) is 12.6. The molecule has 1 atom stereocenters. The lowest BCUT2D eigenvalue weighted by Gasteiger charge is -2.26. The highest BCUT2D eigenvalue weighted by Crippen LogP contribution is 2.08. The van der Waals surface area contributed by atoms with E-state index in [1.54, 1.807) is 0 Å². The molecule has 0 aromatic heterocycles. The molecule has 0 spiro atoms. The third-order valence-electron chi connectivity index (χ3n) is 2.02. The fourth-order valence-corrected chi connectivity index (χ4v) is 1.60. The Labute approximate surface area is 97.5 Å². The van der Waals surface area contributed by atoms with Crippen LogP contribution in [0.1, 0.15) is 26.7 Å². The second kappa shape index (κ2) is 7.62. The van der Waals surface area contributed by atoms with E-state index in [1.807, 2.05) is 13.8 Å². The molecule has 1 heterocycles. The zero-order valence-electron chi connectivity index (χ0n) is 10.2. The summed E-state index contributed by atoms with van der Waals surface area (Å²) < 4.78 is 26.6. The molecule has 0 bridgehead atoms. The summed E-state index contributed by atoms with van der Waals surface area (Å²) in [4.78, 5) is 11.1. The van der Waals surface area contributed by atoms with Gasteiger partial charge in [-0.05, 0) is 6.42 Å². The lowest BCUT2D eigenvalue weighted by molar-refractivity contribution is -0.122. The molecule has 6 heteroatoms. The normalized spacial score (nSPS) is 19.1. The molecule has 1 saturated heterocycles. The van der Waals surface area contributed by atoms with Gasteiger partial charge in [-0.1, -0.05) is 13.8 Å². The highest BCUT2D eigenvalue weighted by Gasteiger charge is 2.18. The molecule has 0 saturated carbocycles. The van der Waals surface area contributed by atoms with Crippen LogP contribution in [0.5, 0.6) is 0 Å². The van der Waals surface area contributed by atoms with Gasteiger partial charge in [0.25, 0.3) is 0 Å². The van der Waals surface area contributed by atoms with Crippen molar-refractivity contribution >= 4 is 15.7 Å². The van der Waals surface area contributed by atoms with Crippen molar-refractivity contribution in [1.29, 1.82) is 0 Å². The molecule has 96 valence electrons. The molecule has 1 unspecified atom stereocenters. The summed E-state index contributed by atoms with van der Waals surface area (Å²) in [6.45, 7) is 5.24. The number of ether oxygens (including phenoxy) is 1. The average molecular weight is 251 g/mol. The molecule has 5 nitrogen and oxygen atoms in total. The molecule has 1 aliphatic rings. The highest BCUT2D eigenvalue weighted by molar-refractivity contribution is 7.90. The standard InChI is InChI=1S/C8H15NO4S.C2H6/c1-14(11,12)5-3-8(10)9-6-7-2-4-13-7;1-2/h7H,2-6H2,1H3,(H,9,10);1-2H3. The Morgan fingerprint density at radius 2 is 2.00 bits per heavy atom. The molecule has 0 aliphatic carbocycles. The lowest BCUT2D eigenvalue weighted by atomic mass is 10.2. The number of hydrogen-bond donors (Lipinski definition) is 1. The molecule has 1 amide bonds. The maximum atomic E-state index is 11.1. The van der Waals surface area contributed by atoms with E-state index in [2.05, 4.69) is 5.32 Å². The number of sulfone groups is 1. The van der Waals surface area contributed by atoms with Crippen molar-refractivity contribution < 1.29 is 17.9 Å². The molecular formula is C10H21NO4S. The van der Waals surface area contributed by atoms with Gasteiger partial charge in [-0.25, -0.2) is 8.42 Å². The first-order valence-corrected chi connectivity index (χ1v) is 7.59. The molecule has 16 heavy (non-hydrogen) atoms. The monoisotopic (exact) mass is 251 g/mol. The van der Waals surface area contributed by atoms with Crippen molar-refractivity contribution in [1.82, 2.24) is 5.32 Å². The Hall–Kier alpha value is -0.620. The van der Waals surface area contributed by atoms with Gasteiger partial charge in [0.1, 0.15) is 9.84 Å². The van der Waals surface area contributed by atoms with Gasteiger partial charge in [0.05, 0.1) is 11.9 Å². The van der Waals surface area contributed by atoms with E-state index in [1.165, 1.54) is 0 Å². The summed E-state index contributed by atoms with van der Waals surface area (Å²) in [6, 6.07) is 0. The topological polar surface area (TPSA) is 72.5 Å². The number of carbonyl (C=O) groups excluding carboxylic acids is 1. The van der Waals surface area contributed by atoms with E-state index in [4.69, 9.17) is 4.74 Å². The second-order valence-electron chi connectivity index (χ2n) is 3.47. The van der Waals surface area contributed by atoms with Crippen molar-refractivity contribution in [2.24, 2.45) is 0 Å². The first kappa shape index (κ1) is 15.4. The minimum absolute atomic E-state index is 0.0333. The fourth-order valence-electron chi connectivity index (χ4n) is 1.04. The minimum atomic E-state index is -3.04. The number of rotatable bonds is 5. The fraction of sp³-hybridized carbons (Fsp3) is 0.900. The van der Waals surface area contributed by atoms with E-state index >= 15 is 0 Å². The predicted molar refractivity (Wildman–Crippen MR) is 63.0 cm³/mol. The minimum Gasteiger partial charge on any atom is -0.376 e. The van der Waals surface area contributed by atoms with Gasteiger partial charge in [0.2, 0.25) is 5.91 Å². The summed E-state index contributed by atoms with van der Waals surface area (Å²) in [5.74, 6) is -0.324. The average Bonchev–Trinajstić information content (AvgIpc) is 2.14. The molecule has 1 fully saturated rings. The second-order valence-corrected chi connectivity index (χ2v) is 5.73. The molecular weight excluding hydrogens is 230 g/mol. The van der Waals surface area contributed by atoms with E-state index in [0.717, 1.165) is 19.3 Å². The smallest absolute Gasteiger partial charge is 0.221 e. The molecule has 1 N–H and O–H groups in total. The van der Waals surface area contributed by atoms with Crippen molar-refractivity contribution in [2.75, 3.05) is 25.2 Å². The van der Waals surface area contributed by atoms with Crippen molar-refractivity contribution in [3.63, 3.8) is 0 Å². The lowest BCUT2D eigenvalue weighted by Crippen LogP contribution is -2.40. The van der Waals surface area contributed by atoms with Crippen LogP contribution >= 0.6 is 0 Å². The largest absolute Gasteiger partial charge is 0.376 e. The molecule has 1 rings (SSSR count). The Kier molecular flexibility index (Phi) is 7.33. The van der Waals surface area contributed by atoms with Gasteiger partial charge in [-0.2, -0.15) is 0 Å². The van der Waals surface area contributed by atoms with Crippen molar-refractivity contribution in [2.45, 2.75) is 32.8 Å². The molecule has 1 aliphatic heterocycles. The maximum absolute atomic E-state index is 11.1.